The van der Waals surface area contributed by atoms with Crippen molar-refractivity contribution in [1.29, 1.82) is 0 Å². The summed E-state index contributed by atoms with van der Waals surface area (Å²) in [6, 6.07) is 11.9. The molecular formula is C20H24N2O3S. The van der Waals surface area contributed by atoms with Crippen LogP contribution < -0.4 is 5.32 Å². The summed E-state index contributed by atoms with van der Waals surface area (Å²) in [4.78, 5) is 26.8. The van der Waals surface area contributed by atoms with Crippen molar-refractivity contribution < 1.29 is 14.3 Å². The fourth-order valence-corrected chi connectivity index (χ4v) is 3.96. The zero-order valence-corrected chi connectivity index (χ0v) is 15.8. The second-order valence-corrected chi connectivity index (χ2v) is 7.48. The monoisotopic (exact) mass is 372 g/mol. The summed E-state index contributed by atoms with van der Waals surface area (Å²) < 4.78 is 4.70. The lowest BCUT2D eigenvalue weighted by Gasteiger charge is -2.24. The third-order valence-electron chi connectivity index (χ3n) is 4.72. The normalized spacial score (nSPS) is 16.9. The summed E-state index contributed by atoms with van der Waals surface area (Å²) in [7, 11) is 1.38. The molecule has 138 valence electrons. The Hall–Kier alpha value is -2.18. The molecule has 0 spiro atoms. The average molecular weight is 372 g/mol. The smallest absolute Gasteiger partial charge is 0.337 e. The van der Waals surface area contributed by atoms with Crippen LogP contribution in [0.15, 0.2) is 41.8 Å². The van der Waals surface area contributed by atoms with Crippen LogP contribution >= 0.6 is 11.3 Å². The zero-order valence-electron chi connectivity index (χ0n) is 14.9. The predicted octanol–water partition coefficient (Wildman–Crippen LogP) is 3.21. The average Bonchev–Trinajstić information content (AvgIpc) is 3.30. The van der Waals surface area contributed by atoms with E-state index < -0.39 is 0 Å². The maximum Gasteiger partial charge on any atom is 0.337 e. The Kier molecular flexibility index (Phi) is 6.41. The molecule has 2 heterocycles. The number of amides is 1. The van der Waals surface area contributed by atoms with E-state index in [1.165, 1.54) is 12.0 Å². The van der Waals surface area contributed by atoms with Gasteiger partial charge in [0.25, 0.3) is 0 Å². The number of rotatable bonds is 8. The highest BCUT2D eigenvalue weighted by Crippen LogP contribution is 2.25. The number of nitrogens with zero attached hydrogens (tertiary/aromatic N) is 1. The molecule has 5 nitrogen and oxygen atoms in total. The number of hydrogen-bond donors (Lipinski definition) is 1. The molecule has 0 aliphatic carbocycles. The van der Waals surface area contributed by atoms with Gasteiger partial charge in [-0.2, -0.15) is 0 Å². The van der Waals surface area contributed by atoms with Crippen LogP contribution in [0.4, 0.5) is 0 Å². The molecule has 1 fully saturated rings. The topological polar surface area (TPSA) is 58.6 Å². The molecule has 1 aromatic heterocycles. The van der Waals surface area contributed by atoms with Crippen molar-refractivity contribution in [2.24, 2.45) is 0 Å². The number of hydrogen-bond acceptors (Lipinski definition) is 5. The van der Waals surface area contributed by atoms with E-state index in [4.69, 9.17) is 4.74 Å². The van der Waals surface area contributed by atoms with Gasteiger partial charge in [0.15, 0.2) is 0 Å². The second-order valence-electron chi connectivity index (χ2n) is 6.45. The second kappa shape index (κ2) is 8.96. The molecule has 1 saturated heterocycles. The van der Waals surface area contributed by atoms with Crippen LogP contribution in [0, 0.1) is 0 Å². The molecule has 0 radical (unpaired) electrons. The van der Waals surface area contributed by atoms with Gasteiger partial charge >= 0.3 is 5.97 Å². The minimum absolute atomic E-state index is 0.266. The zero-order chi connectivity index (χ0) is 18.4. The Labute approximate surface area is 158 Å². The Morgan fingerprint density at radius 3 is 2.81 bits per heavy atom. The van der Waals surface area contributed by atoms with E-state index in [1.807, 2.05) is 23.1 Å². The summed E-state index contributed by atoms with van der Waals surface area (Å²) in [6.07, 6.45) is 2.56. The maximum absolute atomic E-state index is 12.1. The predicted molar refractivity (Wildman–Crippen MR) is 102 cm³/mol. The van der Waals surface area contributed by atoms with Crippen LogP contribution in [0.1, 0.15) is 40.1 Å². The van der Waals surface area contributed by atoms with Crippen molar-refractivity contribution in [3.8, 4) is 0 Å². The molecule has 2 aromatic rings. The largest absolute Gasteiger partial charge is 0.465 e. The number of likely N-dealkylation sites (tertiary alicyclic amines) is 1. The Morgan fingerprint density at radius 2 is 2.12 bits per heavy atom. The lowest BCUT2D eigenvalue weighted by atomic mass is 10.1. The van der Waals surface area contributed by atoms with Crippen LogP contribution in [0.5, 0.6) is 0 Å². The molecule has 26 heavy (non-hydrogen) atoms. The molecule has 1 amide bonds. The third-order valence-corrected chi connectivity index (χ3v) is 5.58. The summed E-state index contributed by atoms with van der Waals surface area (Å²) in [5, 5.41) is 5.49. The van der Waals surface area contributed by atoms with E-state index in [-0.39, 0.29) is 11.9 Å². The van der Waals surface area contributed by atoms with Gasteiger partial charge in [-0.1, -0.05) is 18.2 Å². The van der Waals surface area contributed by atoms with Gasteiger partial charge < -0.3 is 15.0 Å². The summed E-state index contributed by atoms with van der Waals surface area (Å²) in [6.45, 7) is 2.33. The first kappa shape index (κ1) is 18.6. The van der Waals surface area contributed by atoms with Gasteiger partial charge in [0.2, 0.25) is 5.91 Å². The van der Waals surface area contributed by atoms with E-state index in [2.05, 4.69) is 16.8 Å². The summed E-state index contributed by atoms with van der Waals surface area (Å²) >= 11 is 1.70. The van der Waals surface area contributed by atoms with Crippen LogP contribution in [0.3, 0.4) is 0 Å². The minimum Gasteiger partial charge on any atom is -0.465 e. The molecule has 1 aromatic carbocycles. The molecule has 1 aliphatic heterocycles. The first-order valence-electron chi connectivity index (χ1n) is 8.87. The van der Waals surface area contributed by atoms with Gasteiger partial charge in [0.1, 0.15) is 0 Å². The number of carbonyl (C=O) groups is 2. The number of methoxy groups -OCH3 is 1. The van der Waals surface area contributed by atoms with Gasteiger partial charge in [-0.05, 0) is 48.5 Å². The van der Waals surface area contributed by atoms with Gasteiger partial charge in [0, 0.05) is 23.9 Å². The van der Waals surface area contributed by atoms with Crippen LogP contribution in [-0.2, 0) is 22.6 Å². The highest BCUT2D eigenvalue weighted by atomic mass is 32.1. The molecule has 0 saturated carbocycles. The molecule has 1 N–H and O–H groups in total. The molecule has 6 heteroatoms. The third kappa shape index (κ3) is 4.71. The lowest BCUT2D eigenvalue weighted by Crippen LogP contribution is -2.34. The van der Waals surface area contributed by atoms with E-state index in [9.17, 15) is 9.59 Å². The first-order chi connectivity index (χ1) is 12.7. The SMILES string of the molecule is COC(=O)c1ccc(CNCC[C@@H]2CCC(=O)N2Cc2cccs2)cc1. The van der Waals surface area contributed by atoms with Crippen LogP contribution in [0.25, 0.3) is 0 Å². The van der Waals surface area contributed by atoms with E-state index in [0.717, 1.165) is 38.0 Å². The number of thiophene rings is 1. The lowest BCUT2D eigenvalue weighted by molar-refractivity contribution is -0.129. The fraction of sp³-hybridized carbons (Fsp3) is 0.400. The molecule has 1 atom stereocenters. The van der Waals surface area contributed by atoms with Crippen LogP contribution in [-0.4, -0.2) is 36.5 Å². The quantitative estimate of drug-likeness (QED) is 0.571. The minimum atomic E-state index is -0.318. The number of ether oxygens (including phenoxy) is 1. The van der Waals surface area contributed by atoms with E-state index in [1.54, 1.807) is 23.5 Å². The first-order valence-corrected chi connectivity index (χ1v) is 9.75. The Bertz CT molecular complexity index is 728. The van der Waals surface area contributed by atoms with Crippen molar-refractivity contribution in [2.45, 2.75) is 38.4 Å². The van der Waals surface area contributed by atoms with E-state index in [0.29, 0.717) is 18.0 Å². The standard InChI is InChI=1S/C20H24N2O3S/c1-25-20(24)16-6-4-15(5-7-16)13-21-11-10-17-8-9-19(23)22(17)14-18-3-2-12-26-18/h2-7,12,17,21H,8-11,13-14H2,1H3/t17-/m0/s1. The summed E-state index contributed by atoms with van der Waals surface area (Å²) in [5.41, 5.74) is 1.68. The number of carbonyl (C=O) groups excluding carboxylic acids is 2. The molecular weight excluding hydrogens is 348 g/mol. The number of esters is 1. The van der Waals surface area contributed by atoms with Gasteiger partial charge in [-0.3, -0.25) is 4.79 Å². The number of benzene rings is 1. The van der Waals surface area contributed by atoms with Gasteiger partial charge in [0.05, 0.1) is 19.2 Å². The fourth-order valence-electron chi connectivity index (χ4n) is 3.26. The molecule has 1 aliphatic rings. The summed E-state index contributed by atoms with van der Waals surface area (Å²) in [5.74, 6) is -0.0527. The van der Waals surface area contributed by atoms with E-state index >= 15 is 0 Å². The van der Waals surface area contributed by atoms with Crippen LogP contribution in [0.2, 0.25) is 0 Å². The van der Waals surface area contributed by atoms with Crippen molar-refractivity contribution >= 4 is 23.2 Å². The van der Waals surface area contributed by atoms with Gasteiger partial charge in [-0.15, -0.1) is 11.3 Å². The highest BCUT2D eigenvalue weighted by molar-refractivity contribution is 7.09. The van der Waals surface area contributed by atoms with Gasteiger partial charge in [-0.25, -0.2) is 4.79 Å². The Balaban J connectivity index is 1.44. The van der Waals surface area contributed by atoms with Crippen molar-refractivity contribution in [3.63, 3.8) is 0 Å². The van der Waals surface area contributed by atoms with Crippen molar-refractivity contribution in [2.75, 3.05) is 13.7 Å². The van der Waals surface area contributed by atoms with Crippen molar-refractivity contribution in [3.05, 3.63) is 57.8 Å². The number of nitrogens with one attached hydrogen (secondary N) is 1. The highest BCUT2D eigenvalue weighted by Gasteiger charge is 2.30. The molecule has 3 rings (SSSR count). The molecule has 0 unspecified atom stereocenters. The molecule has 0 bridgehead atoms. The van der Waals surface area contributed by atoms with Crippen molar-refractivity contribution in [1.82, 2.24) is 10.2 Å². The Morgan fingerprint density at radius 1 is 1.31 bits per heavy atom. The maximum atomic E-state index is 12.1.